The smallest absolute Gasteiger partial charge is 0.330 e. The summed E-state index contributed by atoms with van der Waals surface area (Å²) in [6, 6.07) is 2.59. The highest BCUT2D eigenvalue weighted by molar-refractivity contribution is 5.81. The number of carbonyl (C=O) groups is 2. The van der Waals surface area contributed by atoms with Gasteiger partial charge in [0.2, 0.25) is 5.91 Å². The number of amides is 1. The number of aliphatic imine (C=N–C) groups is 1. The SMILES string of the molecule is C=NC(=O)CC1CCN(n2c(C)ccc(N)c2=O)C(C(=O)OC(C)(C)C)C1. The summed E-state index contributed by atoms with van der Waals surface area (Å²) >= 11 is 0. The second-order valence-corrected chi connectivity index (χ2v) is 7.91. The number of nitrogens with two attached hydrogens (primary N) is 1. The minimum Gasteiger partial charge on any atom is -0.458 e. The van der Waals surface area contributed by atoms with Crippen molar-refractivity contribution in [2.24, 2.45) is 10.9 Å². The van der Waals surface area contributed by atoms with Gasteiger partial charge in [0.25, 0.3) is 5.56 Å². The topological polar surface area (TPSA) is 107 Å². The molecule has 2 N–H and O–H groups in total. The van der Waals surface area contributed by atoms with Gasteiger partial charge in [-0.15, -0.1) is 0 Å². The molecule has 0 saturated carbocycles. The highest BCUT2D eigenvalue weighted by atomic mass is 16.6. The quantitative estimate of drug-likeness (QED) is 0.629. The van der Waals surface area contributed by atoms with Crippen LogP contribution in [0.1, 0.15) is 45.7 Å². The van der Waals surface area contributed by atoms with E-state index >= 15 is 0 Å². The molecule has 1 amide bonds. The Morgan fingerprint density at radius 1 is 1.37 bits per heavy atom. The summed E-state index contributed by atoms with van der Waals surface area (Å²) in [6.45, 7) is 10.8. The van der Waals surface area contributed by atoms with Crippen molar-refractivity contribution < 1.29 is 14.3 Å². The molecule has 2 rings (SSSR count). The number of hydrogen-bond donors (Lipinski definition) is 1. The first-order chi connectivity index (χ1) is 12.5. The van der Waals surface area contributed by atoms with E-state index in [2.05, 4.69) is 11.7 Å². The second kappa shape index (κ2) is 7.94. The maximum atomic E-state index is 12.9. The van der Waals surface area contributed by atoms with Crippen LogP contribution in [0.3, 0.4) is 0 Å². The maximum absolute atomic E-state index is 12.9. The zero-order chi connectivity index (χ0) is 20.4. The molecule has 1 aromatic rings. The summed E-state index contributed by atoms with van der Waals surface area (Å²) in [7, 11) is 0. The molecule has 1 aliphatic rings. The molecule has 2 unspecified atom stereocenters. The molecule has 2 heterocycles. The predicted molar refractivity (Wildman–Crippen MR) is 104 cm³/mol. The van der Waals surface area contributed by atoms with Crippen molar-refractivity contribution in [1.82, 2.24) is 4.68 Å². The van der Waals surface area contributed by atoms with Crippen molar-refractivity contribution in [2.75, 3.05) is 17.3 Å². The first-order valence-electron chi connectivity index (χ1n) is 9.01. The highest BCUT2D eigenvalue weighted by Crippen LogP contribution is 2.27. The summed E-state index contributed by atoms with van der Waals surface area (Å²) in [6.07, 6.45) is 1.25. The van der Waals surface area contributed by atoms with Crippen molar-refractivity contribution in [2.45, 2.75) is 58.6 Å². The fraction of sp³-hybridized carbons (Fsp3) is 0.579. The van der Waals surface area contributed by atoms with E-state index in [0.717, 1.165) is 0 Å². The number of hydrogen-bond acceptors (Lipinski definition) is 6. The summed E-state index contributed by atoms with van der Waals surface area (Å²) in [5.41, 5.74) is 5.54. The monoisotopic (exact) mass is 376 g/mol. The summed E-state index contributed by atoms with van der Waals surface area (Å²) in [5.74, 6) is -0.762. The highest BCUT2D eigenvalue weighted by Gasteiger charge is 2.38. The number of piperidine rings is 1. The maximum Gasteiger partial charge on any atom is 0.330 e. The third kappa shape index (κ3) is 4.96. The van der Waals surface area contributed by atoms with Gasteiger partial charge in [0, 0.05) is 18.7 Å². The molecule has 148 valence electrons. The molecule has 1 aromatic heterocycles. The molecular weight excluding hydrogens is 348 g/mol. The molecule has 1 saturated heterocycles. The largest absolute Gasteiger partial charge is 0.458 e. The summed E-state index contributed by atoms with van der Waals surface area (Å²) in [4.78, 5) is 40.6. The zero-order valence-corrected chi connectivity index (χ0v) is 16.4. The van der Waals surface area contributed by atoms with Gasteiger partial charge in [0.1, 0.15) is 11.6 Å². The van der Waals surface area contributed by atoms with Gasteiger partial charge in [-0.25, -0.2) is 14.5 Å². The van der Waals surface area contributed by atoms with E-state index < -0.39 is 17.6 Å². The molecule has 8 nitrogen and oxygen atoms in total. The normalized spacial score (nSPS) is 20.2. The van der Waals surface area contributed by atoms with Crippen molar-refractivity contribution in [3.63, 3.8) is 0 Å². The van der Waals surface area contributed by atoms with E-state index in [-0.39, 0.29) is 29.5 Å². The number of nitrogens with zero attached hydrogens (tertiary/aromatic N) is 3. The molecule has 0 aromatic carbocycles. The van der Waals surface area contributed by atoms with Crippen molar-refractivity contribution in [3.8, 4) is 0 Å². The van der Waals surface area contributed by atoms with E-state index in [1.165, 1.54) is 4.68 Å². The minimum atomic E-state index is -0.696. The van der Waals surface area contributed by atoms with Gasteiger partial charge < -0.3 is 10.5 Å². The van der Waals surface area contributed by atoms with E-state index in [4.69, 9.17) is 10.5 Å². The van der Waals surface area contributed by atoms with Gasteiger partial charge in [-0.3, -0.25) is 14.6 Å². The van der Waals surface area contributed by atoms with Crippen LogP contribution in [0, 0.1) is 12.8 Å². The first-order valence-corrected chi connectivity index (χ1v) is 9.01. The Morgan fingerprint density at radius 3 is 2.63 bits per heavy atom. The van der Waals surface area contributed by atoms with Crippen LogP contribution in [0.4, 0.5) is 5.69 Å². The van der Waals surface area contributed by atoms with Crippen LogP contribution in [0.25, 0.3) is 0 Å². The van der Waals surface area contributed by atoms with Gasteiger partial charge in [-0.1, -0.05) is 0 Å². The predicted octanol–water partition coefficient (Wildman–Crippen LogP) is 1.41. The molecule has 2 atom stereocenters. The Bertz CT molecular complexity index is 794. The van der Waals surface area contributed by atoms with Crippen LogP contribution in [0.2, 0.25) is 0 Å². The Balaban J connectivity index is 2.39. The molecule has 27 heavy (non-hydrogen) atoms. The van der Waals surface area contributed by atoms with Gasteiger partial charge in [-0.05, 0) is 65.3 Å². The number of esters is 1. The van der Waals surface area contributed by atoms with Crippen molar-refractivity contribution in [3.05, 3.63) is 28.2 Å². The zero-order valence-electron chi connectivity index (χ0n) is 16.4. The number of aryl methyl sites for hydroxylation is 1. The van der Waals surface area contributed by atoms with Crippen LogP contribution >= 0.6 is 0 Å². The Hall–Kier alpha value is -2.64. The van der Waals surface area contributed by atoms with Crippen LogP contribution in [0.5, 0.6) is 0 Å². The standard InChI is InChI=1S/C19H28N4O4/c1-12-6-7-14(20)17(25)23(12)22-9-8-13(11-16(24)21-5)10-15(22)18(26)27-19(2,3)4/h6-7,13,15H,5,8-11,20H2,1-4H3. The Morgan fingerprint density at radius 2 is 2.04 bits per heavy atom. The lowest BCUT2D eigenvalue weighted by molar-refractivity contribution is -0.158. The van der Waals surface area contributed by atoms with E-state index in [9.17, 15) is 14.4 Å². The second-order valence-electron chi connectivity index (χ2n) is 7.91. The molecule has 1 aliphatic heterocycles. The van der Waals surface area contributed by atoms with Crippen molar-refractivity contribution >= 4 is 24.3 Å². The first kappa shape index (κ1) is 20.7. The van der Waals surface area contributed by atoms with E-state index in [0.29, 0.717) is 25.1 Å². The number of nitrogen functional groups attached to an aromatic ring is 1. The number of pyridine rings is 1. The van der Waals surface area contributed by atoms with E-state index in [1.54, 1.807) is 44.8 Å². The minimum absolute atomic E-state index is 0.0335. The van der Waals surface area contributed by atoms with Gasteiger partial charge in [-0.2, -0.15) is 0 Å². The van der Waals surface area contributed by atoms with Gasteiger partial charge in [0.05, 0.1) is 5.69 Å². The Kier molecular flexibility index (Phi) is 6.08. The third-order valence-corrected chi connectivity index (χ3v) is 4.54. The summed E-state index contributed by atoms with van der Waals surface area (Å²) in [5, 5.41) is 1.70. The van der Waals surface area contributed by atoms with Crippen LogP contribution in [0.15, 0.2) is 21.9 Å². The fourth-order valence-corrected chi connectivity index (χ4v) is 3.30. The number of aromatic nitrogens is 1. The third-order valence-electron chi connectivity index (χ3n) is 4.54. The molecule has 0 spiro atoms. The number of anilines is 1. The molecule has 0 aliphatic carbocycles. The molecule has 1 fully saturated rings. The lowest BCUT2D eigenvalue weighted by Gasteiger charge is -2.41. The van der Waals surface area contributed by atoms with Gasteiger partial charge in [0.15, 0.2) is 0 Å². The summed E-state index contributed by atoms with van der Waals surface area (Å²) < 4.78 is 7.01. The Labute approximate surface area is 159 Å². The lowest BCUT2D eigenvalue weighted by Crippen LogP contribution is -2.58. The van der Waals surface area contributed by atoms with Crippen LogP contribution < -0.4 is 16.3 Å². The molecule has 0 bridgehead atoms. The number of rotatable bonds is 4. The van der Waals surface area contributed by atoms with E-state index in [1.807, 2.05) is 0 Å². The molecule has 8 heteroatoms. The average Bonchev–Trinajstić information content (AvgIpc) is 2.57. The lowest BCUT2D eigenvalue weighted by atomic mass is 9.89. The fourth-order valence-electron chi connectivity index (χ4n) is 3.30. The van der Waals surface area contributed by atoms with Crippen LogP contribution in [-0.4, -0.2) is 41.5 Å². The number of carbonyl (C=O) groups excluding carboxylic acids is 2. The van der Waals surface area contributed by atoms with Crippen LogP contribution in [-0.2, 0) is 14.3 Å². The molecule has 0 radical (unpaired) electrons. The van der Waals surface area contributed by atoms with Crippen molar-refractivity contribution in [1.29, 1.82) is 0 Å². The molecular formula is C19H28N4O4. The van der Waals surface area contributed by atoms with Gasteiger partial charge >= 0.3 is 5.97 Å². The number of ether oxygens (including phenoxy) is 1. The average molecular weight is 376 g/mol.